The molecule has 0 aromatic heterocycles. The molecule has 0 amide bonds. The molecule has 0 atom stereocenters. The van der Waals surface area contributed by atoms with Gasteiger partial charge in [0.05, 0.1) is 16.0 Å². The monoisotopic (exact) mass is 390 g/mol. The minimum Gasteiger partial charge on any atom is -0.383 e. The lowest BCUT2D eigenvalue weighted by atomic mass is 10.3. The van der Waals surface area contributed by atoms with Crippen LogP contribution in [-0.4, -0.2) is 41.8 Å². The van der Waals surface area contributed by atoms with Gasteiger partial charge in [-0.15, -0.1) is 12.4 Å². The highest BCUT2D eigenvalue weighted by Crippen LogP contribution is 2.18. The van der Waals surface area contributed by atoms with Crippen molar-refractivity contribution < 1.29 is 17.5 Å². The fraction of sp³-hybridized carbons (Fsp3) is 0.455. The van der Waals surface area contributed by atoms with Crippen LogP contribution >= 0.6 is 28.3 Å². The van der Waals surface area contributed by atoms with Crippen LogP contribution in [0.2, 0.25) is 0 Å². The second-order valence-electron chi connectivity index (χ2n) is 3.72. The first-order chi connectivity index (χ1) is 8.97. The van der Waals surface area contributed by atoms with E-state index in [1.54, 1.807) is 7.11 Å². The zero-order valence-electron chi connectivity index (χ0n) is 10.9. The molecule has 0 unspecified atom stereocenters. The zero-order valence-corrected chi connectivity index (χ0v) is 14.1. The van der Waals surface area contributed by atoms with E-state index >= 15 is 0 Å². The highest BCUT2D eigenvalue weighted by atomic mass is 79.9. The standard InChI is InChI=1S/C11H16BrFN2O3S.ClH/c1-18-7-6-14-4-5-15-19(16,17)9-2-3-10(12)11(13)8-9;/h2-3,8,14-15H,4-7H2,1H3;1H. The molecule has 0 heterocycles. The molecular formula is C11H17BrClFN2O3S. The Morgan fingerprint density at radius 3 is 2.60 bits per heavy atom. The first kappa shape index (κ1) is 19.8. The van der Waals surface area contributed by atoms with E-state index in [1.165, 1.54) is 12.1 Å². The number of nitrogens with one attached hydrogen (secondary N) is 2. The lowest BCUT2D eigenvalue weighted by molar-refractivity contribution is 0.199. The van der Waals surface area contributed by atoms with Crippen molar-refractivity contribution in [2.45, 2.75) is 4.90 Å². The maximum Gasteiger partial charge on any atom is 0.240 e. The second kappa shape index (κ2) is 9.64. The maximum atomic E-state index is 13.3. The molecule has 116 valence electrons. The predicted molar refractivity (Wildman–Crippen MR) is 81.3 cm³/mol. The van der Waals surface area contributed by atoms with Crippen molar-refractivity contribution in [1.29, 1.82) is 0 Å². The Morgan fingerprint density at radius 2 is 2.00 bits per heavy atom. The molecule has 1 aromatic rings. The predicted octanol–water partition coefficient (Wildman–Crippen LogP) is 1.52. The van der Waals surface area contributed by atoms with E-state index in [0.29, 0.717) is 19.7 Å². The summed E-state index contributed by atoms with van der Waals surface area (Å²) in [7, 11) is -2.08. The van der Waals surface area contributed by atoms with Crippen LogP contribution in [0.15, 0.2) is 27.6 Å². The highest BCUT2D eigenvalue weighted by molar-refractivity contribution is 9.10. The van der Waals surface area contributed by atoms with Crippen molar-refractivity contribution in [3.8, 4) is 0 Å². The van der Waals surface area contributed by atoms with E-state index in [9.17, 15) is 12.8 Å². The molecule has 0 radical (unpaired) electrons. The maximum absolute atomic E-state index is 13.3. The summed E-state index contributed by atoms with van der Waals surface area (Å²) in [6.07, 6.45) is 0. The van der Waals surface area contributed by atoms with Crippen LogP contribution in [0, 0.1) is 5.82 Å². The Hall–Kier alpha value is -0.250. The third kappa shape index (κ3) is 6.47. The molecule has 5 nitrogen and oxygen atoms in total. The zero-order chi connectivity index (χ0) is 14.3. The van der Waals surface area contributed by atoms with Crippen LogP contribution in [-0.2, 0) is 14.8 Å². The van der Waals surface area contributed by atoms with Gasteiger partial charge in [-0.3, -0.25) is 0 Å². The molecule has 0 aliphatic heterocycles. The van der Waals surface area contributed by atoms with Crippen LogP contribution in [0.3, 0.4) is 0 Å². The quantitative estimate of drug-likeness (QED) is 0.660. The fourth-order valence-electron chi connectivity index (χ4n) is 1.30. The molecule has 0 spiro atoms. The Morgan fingerprint density at radius 1 is 1.30 bits per heavy atom. The molecule has 0 fully saturated rings. The van der Waals surface area contributed by atoms with Gasteiger partial charge in [0.2, 0.25) is 10.0 Å². The molecule has 0 aliphatic carbocycles. The molecule has 9 heteroatoms. The van der Waals surface area contributed by atoms with E-state index in [-0.39, 0.29) is 28.3 Å². The summed E-state index contributed by atoms with van der Waals surface area (Å²) < 4.78 is 44.4. The Bertz CT molecular complexity index is 516. The van der Waals surface area contributed by atoms with Crippen LogP contribution in [0.4, 0.5) is 4.39 Å². The van der Waals surface area contributed by atoms with Crippen LogP contribution in [0.25, 0.3) is 0 Å². The highest BCUT2D eigenvalue weighted by Gasteiger charge is 2.14. The third-order valence-electron chi connectivity index (χ3n) is 2.28. The number of ether oxygens (including phenoxy) is 1. The summed E-state index contributed by atoms with van der Waals surface area (Å²) >= 11 is 2.97. The summed E-state index contributed by atoms with van der Waals surface area (Å²) in [5.74, 6) is -0.610. The first-order valence-electron chi connectivity index (χ1n) is 5.62. The second-order valence-corrected chi connectivity index (χ2v) is 6.34. The van der Waals surface area contributed by atoms with Gasteiger partial charge in [-0.2, -0.15) is 0 Å². The summed E-state index contributed by atoms with van der Waals surface area (Å²) in [6, 6.07) is 3.68. The third-order valence-corrected chi connectivity index (χ3v) is 4.38. The van der Waals surface area contributed by atoms with Crippen molar-refractivity contribution in [3.63, 3.8) is 0 Å². The number of hydrogen-bond acceptors (Lipinski definition) is 4. The normalized spacial score (nSPS) is 11.2. The average molecular weight is 392 g/mol. The van der Waals surface area contributed by atoms with Gasteiger partial charge in [0.1, 0.15) is 5.82 Å². The van der Waals surface area contributed by atoms with Gasteiger partial charge in [-0.05, 0) is 34.1 Å². The van der Waals surface area contributed by atoms with Gasteiger partial charge in [0, 0.05) is 26.7 Å². The van der Waals surface area contributed by atoms with Crippen molar-refractivity contribution in [2.75, 3.05) is 33.4 Å². The van der Waals surface area contributed by atoms with Crippen LogP contribution < -0.4 is 10.0 Å². The average Bonchev–Trinajstić information content (AvgIpc) is 2.36. The topological polar surface area (TPSA) is 67.4 Å². The van der Waals surface area contributed by atoms with Gasteiger partial charge in [-0.1, -0.05) is 0 Å². The van der Waals surface area contributed by atoms with Gasteiger partial charge >= 0.3 is 0 Å². The smallest absolute Gasteiger partial charge is 0.240 e. The number of rotatable bonds is 8. The molecule has 1 rings (SSSR count). The van der Waals surface area contributed by atoms with Crippen molar-refractivity contribution in [1.82, 2.24) is 10.0 Å². The Balaban J connectivity index is 0.00000361. The van der Waals surface area contributed by atoms with E-state index in [2.05, 4.69) is 26.0 Å². The SMILES string of the molecule is COCCNCCNS(=O)(=O)c1ccc(Br)c(F)c1.Cl. The van der Waals surface area contributed by atoms with E-state index < -0.39 is 15.8 Å². The fourth-order valence-corrected chi connectivity index (χ4v) is 2.59. The minimum absolute atomic E-state index is 0. The summed E-state index contributed by atoms with van der Waals surface area (Å²) in [6.45, 7) is 1.90. The van der Waals surface area contributed by atoms with Crippen molar-refractivity contribution in [3.05, 3.63) is 28.5 Å². The van der Waals surface area contributed by atoms with E-state index in [1.807, 2.05) is 0 Å². The number of halogens is 3. The first-order valence-corrected chi connectivity index (χ1v) is 7.89. The van der Waals surface area contributed by atoms with E-state index in [0.717, 1.165) is 6.07 Å². The molecular weight excluding hydrogens is 375 g/mol. The molecule has 0 saturated heterocycles. The molecule has 1 aromatic carbocycles. The lowest BCUT2D eigenvalue weighted by Gasteiger charge is -2.08. The number of methoxy groups -OCH3 is 1. The van der Waals surface area contributed by atoms with Crippen molar-refractivity contribution >= 4 is 38.4 Å². The summed E-state index contributed by atoms with van der Waals surface area (Å²) in [5.41, 5.74) is 0. The van der Waals surface area contributed by atoms with Crippen LogP contribution in [0.5, 0.6) is 0 Å². The van der Waals surface area contributed by atoms with Gasteiger partial charge in [0.15, 0.2) is 0 Å². The Labute approximate surface area is 132 Å². The van der Waals surface area contributed by atoms with Crippen molar-refractivity contribution in [2.24, 2.45) is 0 Å². The van der Waals surface area contributed by atoms with Gasteiger partial charge in [0.25, 0.3) is 0 Å². The number of hydrogen-bond donors (Lipinski definition) is 2. The summed E-state index contributed by atoms with van der Waals surface area (Å²) in [4.78, 5) is -0.0925. The number of sulfonamides is 1. The van der Waals surface area contributed by atoms with Crippen LogP contribution in [0.1, 0.15) is 0 Å². The lowest BCUT2D eigenvalue weighted by Crippen LogP contribution is -2.33. The minimum atomic E-state index is -3.67. The molecule has 0 bridgehead atoms. The molecule has 2 N–H and O–H groups in total. The largest absolute Gasteiger partial charge is 0.383 e. The van der Waals surface area contributed by atoms with Gasteiger partial charge < -0.3 is 10.1 Å². The van der Waals surface area contributed by atoms with E-state index in [4.69, 9.17) is 4.74 Å². The molecule has 0 aliphatic rings. The Kier molecular flexibility index (Phi) is 9.52. The molecule has 0 saturated carbocycles. The number of benzene rings is 1. The van der Waals surface area contributed by atoms with Gasteiger partial charge in [-0.25, -0.2) is 17.5 Å². The summed E-state index contributed by atoms with van der Waals surface area (Å²) in [5, 5.41) is 3.00. The molecule has 20 heavy (non-hydrogen) atoms.